The Morgan fingerprint density at radius 3 is 2.43 bits per heavy atom. The van der Waals surface area contributed by atoms with Crippen LogP contribution < -0.4 is 5.73 Å². The van der Waals surface area contributed by atoms with E-state index < -0.39 is 0 Å². The average molecular weight is 195 g/mol. The van der Waals surface area contributed by atoms with Crippen LogP contribution in [-0.4, -0.2) is 0 Å². The molecule has 2 N–H and O–H groups in total. The van der Waals surface area contributed by atoms with E-state index in [0.29, 0.717) is 0 Å². The van der Waals surface area contributed by atoms with Gasteiger partial charge in [0.15, 0.2) is 0 Å². The molecular formula is C13H25N. The van der Waals surface area contributed by atoms with Crippen molar-refractivity contribution in [3.8, 4) is 0 Å². The van der Waals surface area contributed by atoms with E-state index in [4.69, 9.17) is 5.73 Å². The van der Waals surface area contributed by atoms with E-state index in [2.05, 4.69) is 13.8 Å². The molecule has 0 heterocycles. The van der Waals surface area contributed by atoms with Crippen LogP contribution in [0.1, 0.15) is 65.2 Å². The van der Waals surface area contributed by atoms with Crippen molar-refractivity contribution in [3.05, 3.63) is 11.3 Å². The van der Waals surface area contributed by atoms with Gasteiger partial charge >= 0.3 is 0 Å². The molecule has 0 bridgehead atoms. The number of allylic oxidation sites excluding steroid dienone is 2. The van der Waals surface area contributed by atoms with Gasteiger partial charge in [0, 0.05) is 5.70 Å². The van der Waals surface area contributed by atoms with Crippen molar-refractivity contribution in [2.75, 3.05) is 0 Å². The number of hydrogen-bond donors (Lipinski definition) is 1. The van der Waals surface area contributed by atoms with Crippen molar-refractivity contribution in [3.63, 3.8) is 0 Å². The predicted octanol–water partition coefficient (Wildman–Crippen LogP) is 3.99. The highest BCUT2D eigenvalue weighted by molar-refractivity contribution is 5.11. The summed E-state index contributed by atoms with van der Waals surface area (Å²) in [6.07, 6.45) is 10.4. The molecule has 0 aliphatic heterocycles. The first kappa shape index (κ1) is 11.6. The molecule has 0 aromatic rings. The van der Waals surface area contributed by atoms with Gasteiger partial charge in [-0.2, -0.15) is 0 Å². The smallest absolute Gasteiger partial charge is 0.00750 e. The molecule has 1 aliphatic rings. The van der Waals surface area contributed by atoms with Crippen LogP contribution in [0.2, 0.25) is 0 Å². The molecule has 0 amide bonds. The Bertz CT molecular complexity index is 189. The molecule has 0 radical (unpaired) electrons. The molecule has 0 atom stereocenters. The highest BCUT2D eigenvalue weighted by Gasteiger charge is 2.18. The van der Waals surface area contributed by atoms with Gasteiger partial charge in [-0.3, -0.25) is 0 Å². The van der Waals surface area contributed by atoms with E-state index in [1.165, 1.54) is 56.2 Å². The minimum atomic E-state index is 0.915. The minimum Gasteiger partial charge on any atom is -0.402 e. The molecule has 1 saturated carbocycles. The Morgan fingerprint density at radius 1 is 1.29 bits per heavy atom. The third kappa shape index (κ3) is 3.36. The van der Waals surface area contributed by atoms with Gasteiger partial charge in [-0.05, 0) is 31.6 Å². The van der Waals surface area contributed by atoms with Gasteiger partial charge in [0.25, 0.3) is 0 Å². The second kappa shape index (κ2) is 6.10. The molecular weight excluding hydrogens is 170 g/mol. The second-order valence-corrected chi connectivity index (χ2v) is 4.59. The summed E-state index contributed by atoms with van der Waals surface area (Å²) < 4.78 is 0. The molecule has 0 saturated heterocycles. The fourth-order valence-electron chi connectivity index (χ4n) is 2.11. The van der Waals surface area contributed by atoms with Crippen LogP contribution in [0.4, 0.5) is 0 Å². The molecule has 1 nitrogen and oxygen atoms in total. The molecule has 82 valence electrons. The molecule has 1 rings (SSSR count). The summed E-state index contributed by atoms with van der Waals surface area (Å²) >= 11 is 0. The summed E-state index contributed by atoms with van der Waals surface area (Å²) in [6.45, 7) is 4.48. The van der Waals surface area contributed by atoms with Crippen molar-refractivity contribution < 1.29 is 0 Å². The van der Waals surface area contributed by atoms with Gasteiger partial charge in [0.2, 0.25) is 0 Å². The van der Waals surface area contributed by atoms with Crippen molar-refractivity contribution in [2.45, 2.75) is 65.2 Å². The Labute approximate surface area is 88.8 Å². The van der Waals surface area contributed by atoms with Crippen LogP contribution in [0.5, 0.6) is 0 Å². The van der Waals surface area contributed by atoms with Crippen molar-refractivity contribution >= 4 is 0 Å². The first-order chi connectivity index (χ1) is 6.77. The van der Waals surface area contributed by atoms with Gasteiger partial charge in [-0.25, -0.2) is 0 Å². The molecule has 0 aromatic carbocycles. The average Bonchev–Trinajstić information content (AvgIpc) is 2.13. The lowest BCUT2D eigenvalue weighted by molar-refractivity contribution is 0.312. The quantitative estimate of drug-likeness (QED) is 0.681. The standard InChI is InChI=1S/C13H25N/c1-3-5-9-12(4-2)13(14)10-11-7-6-8-11/h11H,3-10,14H2,1-2H3/b13-12-. The van der Waals surface area contributed by atoms with Gasteiger partial charge in [0.05, 0.1) is 0 Å². The number of unbranched alkanes of at least 4 members (excludes halogenated alkanes) is 1. The zero-order valence-electron chi connectivity index (χ0n) is 9.81. The van der Waals surface area contributed by atoms with E-state index in [0.717, 1.165) is 12.3 Å². The van der Waals surface area contributed by atoms with Gasteiger partial charge < -0.3 is 5.73 Å². The first-order valence-corrected chi connectivity index (χ1v) is 6.24. The lowest BCUT2D eigenvalue weighted by atomic mass is 9.81. The Morgan fingerprint density at radius 2 is 2.00 bits per heavy atom. The second-order valence-electron chi connectivity index (χ2n) is 4.59. The van der Waals surface area contributed by atoms with Crippen LogP contribution in [0, 0.1) is 5.92 Å². The van der Waals surface area contributed by atoms with Crippen LogP contribution in [0.15, 0.2) is 11.3 Å². The Kier molecular flexibility index (Phi) is 5.06. The summed E-state index contributed by atoms with van der Waals surface area (Å²) in [4.78, 5) is 0. The summed E-state index contributed by atoms with van der Waals surface area (Å²) in [6, 6.07) is 0. The van der Waals surface area contributed by atoms with E-state index in [1.54, 1.807) is 0 Å². The number of rotatable bonds is 6. The Balaban J connectivity index is 2.38. The molecule has 14 heavy (non-hydrogen) atoms. The molecule has 0 unspecified atom stereocenters. The largest absolute Gasteiger partial charge is 0.402 e. The molecule has 0 spiro atoms. The Hall–Kier alpha value is -0.460. The normalized spacial score (nSPS) is 19.0. The summed E-state index contributed by atoms with van der Waals surface area (Å²) in [7, 11) is 0. The van der Waals surface area contributed by atoms with Gasteiger partial charge in [-0.15, -0.1) is 0 Å². The van der Waals surface area contributed by atoms with Crippen LogP contribution in [-0.2, 0) is 0 Å². The number of hydrogen-bond acceptors (Lipinski definition) is 1. The maximum Gasteiger partial charge on any atom is 0.00750 e. The monoisotopic (exact) mass is 195 g/mol. The van der Waals surface area contributed by atoms with Crippen molar-refractivity contribution in [2.24, 2.45) is 11.7 Å². The van der Waals surface area contributed by atoms with Crippen molar-refractivity contribution in [1.29, 1.82) is 0 Å². The van der Waals surface area contributed by atoms with E-state index >= 15 is 0 Å². The highest BCUT2D eigenvalue weighted by atomic mass is 14.6. The van der Waals surface area contributed by atoms with Crippen LogP contribution in [0.3, 0.4) is 0 Å². The van der Waals surface area contributed by atoms with Gasteiger partial charge in [0.1, 0.15) is 0 Å². The fraction of sp³-hybridized carbons (Fsp3) is 0.846. The molecule has 0 aromatic heterocycles. The van der Waals surface area contributed by atoms with Crippen LogP contribution in [0.25, 0.3) is 0 Å². The minimum absolute atomic E-state index is 0.915. The third-order valence-electron chi connectivity index (χ3n) is 3.45. The van der Waals surface area contributed by atoms with E-state index in [1.807, 2.05) is 0 Å². The topological polar surface area (TPSA) is 26.0 Å². The summed E-state index contributed by atoms with van der Waals surface area (Å²) in [5, 5.41) is 0. The molecule has 1 aliphatic carbocycles. The maximum absolute atomic E-state index is 6.16. The zero-order valence-corrected chi connectivity index (χ0v) is 9.81. The fourth-order valence-corrected chi connectivity index (χ4v) is 2.11. The predicted molar refractivity (Wildman–Crippen MR) is 63.0 cm³/mol. The SMILES string of the molecule is CCCC/C(CC)=C(\N)CC1CCC1. The lowest BCUT2D eigenvalue weighted by Crippen LogP contribution is -2.16. The van der Waals surface area contributed by atoms with Gasteiger partial charge in [-0.1, -0.05) is 45.1 Å². The van der Waals surface area contributed by atoms with E-state index in [-0.39, 0.29) is 0 Å². The van der Waals surface area contributed by atoms with Crippen molar-refractivity contribution in [1.82, 2.24) is 0 Å². The summed E-state index contributed by atoms with van der Waals surface area (Å²) in [5.74, 6) is 0.915. The van der Waals surface area contributed by atoms with Crippen LogP contribution >= 0.6 is 0 Å². The lowest BCUT2D eigenvalue weighted by Gasteiger charge is -2.26. The number of nitrogens with two attached hydrogens (primary N) is 1. The molecule has 1 heteroatoms. The van der Waals surface area contributed by atoms with E-state index in [9.17, 15) is 0 Å². The third-order valence-corrected chi connectivity index (χ3v) is 3.45. The first-order valence-electron chi connectivity index (χ1n) is 6.24. The zero-order chi connectivity index (χ0) is 10.4. The maximum atomic E-state index is 6.16. The molecule has 1 fully saturated rings. The highest BCUT2D eigenvalue weighted by Crippen LogP contribution is 2.32. The summed E-state index contributed by atoms with van der Waals surface area (Å²) in [5.41, 5.74) is 8.90.